The lowest BCUT2D eigenvalue weighted by molar-refractivity contribution is 0.102. The Labute approximate surface area is 96.1 Å². The van der Waals surface area contributed by atoms with Gasteiger partial charge in [-0.15, -0.1) is 0 Å². The third kappa shape index (κ3) is 1.65. The Bertz CT molecular complexity index is 655. The lowest BCUT2D eigenvalue weighted by Gasteiger charge is -1.99. The zero-order valence-electron chi connectivity index (χ0n) is 8.77. The number of fused-ring (bicyclic) bond motifs is 1. The predicted molar refractivity (Wildman–Crippen MR) is 62.6 cm³/mol. The number of amides is 1. The molecule has 0 aliphatic carbocycles. The van der Waals surface area contributed by atoms with Crippen molar-refractivity contribution in [3.05, 3.63) is 42.4 Å². The molecule has 0 saturated heterocycles. The molecule has 3 N–H and O–H groups in total. The smallest absolute Gasteiger partial charge is 0.260 e. The minimum atomic E-state index is -0.223. The van der Waals surface area contributed by atoms with E-state index in [1.165, 1.54) is 0 Å². The summed E-state index contributed by atoms with van der Waals surface area (Å²) in [5.74, 6) is 0.333. The van der Waals surface area contributed by atoms with Gasteiger partial charge in [-0.2, -0.15) is 5.10 Å². The molecule has 17 heavy (non-hydrogen) atoms. The lowest BCUT2D eigenvalue weighted by atomic mass is 10.2. The number of H-pyrrole nitrogens is 2. The normalized spacial score (nSPS) is 10.6. The average Bonchev–Trinajstić information content (AvgIpc) is 2.96. The van der Waals surface area contributed by atoms with E-state index in [9.17, 15) is 4.79 Å². The van der Waals surface area contributed by atoms with Crippen LogP contribution in [0.5, 0.6) is 0 Å². The predicted octanol–water partition coefficient (Wildman–Crippen LogP) is 1.54. The number of nitrogens with zero attached hydrogens (tertiary/aromatic N) is 2. The van der Waals surface area contributed by atoms with Crippen molar-refractivity contribution in [2.24, 2.45) is 0 Å². The van der Waals surface area contributed by atoms with Crippen LogP contribution >= 0.6 is 0 Å². The first kappa shape index (κ1) is 9.59. The Kier molecular flexibility index (Phi) is 2.11. The van der Waals surface area contributed by atoms with E-state index >= 15 is 0 Å². The van der Waals surface area contributed by atoms with Crippen molar-refractivity contribution in [2.45, 2.75) is 0 Å². The van der Waals surface area contributed by atoms with E-state index in [0.29, 0.717) is 16.9 Å². The summed E-state index contributed by atoms with van der Waals surface area (Å²) < 4.78 is 0. The largest absolute Gasteiger partial charge is 0.359 e. The highest BCUT2D eigenvalue weighted by Gasteiger charge is 2.13. The summed E-state index contributed by atoms with van der Waals surface area (Å²) in [6.45, 7) is 0. The fourth-order valence-electron chi connectivity index (χ4n) is 1.64. The van der Waals surface area contributed by atoms with Crippen molar-refractivity contribution in [1.82, 2.24) is 20.2 Å². The molecular weight excluding hydrogens is 218 g/mol. The van der Waals surface area contributed by atoms with Crippen LogP contribution in [0, 0.1) is 0 Å². The van der Waals surface area contributed by atoms with Gasteiger partial charge in [-0.3, -0.25) is 14.9 Å². The number of aromatic nitrogens is 4. The average molecular weight is 227 g/mol. The van der Waals surface area contributed by atoms with Crippen molar-refractivity contribution in [2.75, 3.05) is 5.32 Å². The molecule has 0 bridgehead atoms. The van der Waals surface area contributed by atoms with Gasteiger partial charge in [-0.25, -0.2) is 0 Å². The SMILES string of the molecule is O=C(Nc1ccn[nH]1)c1c[nH]c2cccnc12. The number of anilines is 1. The van der Waals surface area contributed by atoms with Crippen molar-refractivity contribution in [3.8, 4) is 0 Å². The highest BCUT2D eigenvalue weighted by Crippen LogP contribution is 2.16. The van der Waals surface area contributed by atoms with Crippen molar-refractivity contribution >= 4 is 22.8 Å². The number of nitrogens with one attached hydrogen (secondary N) is 3. The maximum Gasteiger partial charge on any atom is 0.260 e. The fourth-order valence-corrected chi connectivity index (χ4v) is 1.64. The van der Waals surface area contributed by atoms with Gasteiger partial charge in [0.15, 0.2) is 0 Å². The molecule has 3 aromatic rings. The molecule has 6 heteroatoms. The monoisotopic (exact) mass is 227 g/mol. The van der Waals surface area contributed by atoms with Crippen LogP contribution in [0.3, 0.4) is 0 Å². The molecule has 0 aliphatic rings. The standard InChI is InChI=1S/C11H9N5O/c17-11(15-9-3-5-14-16-9)7-6-13-8-2-1-4-12-10(7)8/h1-6,13H,(H2,14,15,16,17). The van der Waals surface area contributed by atoms with Gasteiger partial charge in [0.1, 0.15) is 11.3 Å². The number of carbonyl (C=O) groups is 1. The molecule has 1 amide bonds. The maximum atomic E-state index is 12.0. The molecular formula is C11H9N5O. The van der Waals surface area contributed by atoms with Gasteiger partial charge < -0.3 is 10.3 Å². The number of rotatable bonds is 2. The van der Waals surface area contributed by atoms with Crippen molar-refractivity contribution in [1.29, 1.82) is 0 Å². The molecule has 3 heterocycles. The molecule has 3 aromatic heterocycles. The Morgan fingerprint density at radius 1 is 1.29 bits per heavy atom. The summed E-state index contributed by atoms with van der Waals surface area (Å²) >= 11 is 0. The van der Waals surface area contributed by atoms with Gasteiger partial charge in [-0.1, -0.05) is 0 Å². The van der Waals surface area contributed by atoms with Crippen LogP contribution in [-0.2, 0) is 0 Å². The highest BCUT2D eigenvalue weighted by atomic mass is 16.1. The van der Waals surface area contributed by atoms with Crippen LogP contribution in [0.4, 0.5) is 5.82 Å². The number of carbonyl (C=O) groups excluding carboxylic acids is 1. The Balaban J connectivity index is 1.96. The summed E-state index contributed by atoms with van der Waals surface area (Å²) in [4.78, 5) is 19.1. The summed E-state index contributed by atoms with van der Waals surface area (Å²) in [5.41, 5.74) is 2.00. The molecule has 0 spiro atoms. The van der Waals surface area contributed by atoms with Gasteiger partial charge in [0, 0.05) is 18.5 Å². The van der Waals surface area contributed by atoms with Crippen LogP contribution in [-0.4, -0.2) is 26.1 Å². The first-order chi connectivity index (χ1) is 8.34. The summed E-state index contributed by atoms with van der Waals surface area (Å²) in [5, 5.41) is 9.12. The van der Waals surface area contributed by atoms with Gasteiger partial charge in [0.2, 0.25) is 0 Å². The second-order valence-corrected chi connectivity index (χ2v) is 3.53. The van der Waals surface area contributed by atoms with Crippen LogP contribution in [0.25, 0.3) is 11.0 Å². The van der Waals surface area contributed by atoms with E-state index in [1.54, 1.807) is 24.7 Å². The van der Waals surface area contributed by atoms with Crippen molar-refractivity contribution < 1.29 is 4.79 Å². The zero-order valence-corrected chi connectivity index (χ0v) is 8.77. The quantitative estimate of drug-likeness (QED) is 0.620. The van der Waals surface area contributed by atoms with E-state index in [0.717, 1.165) is 5.52 Å². The number of hydrogen-bond acceptors (Lipinski definition) is 3. The summed E-state index contributed by atoms with van der Waals surface area (Å²) in [6.07, 6.45) is 4.87. The first-order valence-electron chi connectivity index (χ1n) is 5.07. The van der Waals surface area contributed by atoms with Crippen LogP contribution in [0.2, 0.25) is 0 Å². The summed E-state index contributed by atoms with van der Waals surface area (Å²) in [7, 11) is 0. The van der Waals surface area contributed by atoms with Gasteiger partial charge in [-0.05, 0) is 12.1 Å². The second-order valence-electron chi connectivity index (χ2n) is 3.53. The third-order valence-electron chi connectivity index (χ3n) is 2.43. The summed E-state index contributed by atoms with van der Waals surface area (Å²) in [6, 6.07) is 5.37. The van der Waals surface area contributed by atoms with E-state index in [4.69, 9.17) is 0 Å². The van der Waals surface area contributed by atoms with Gasteiger partial charge in [0.25, 0.3) is 5.91 Å². The Hall–Kier alpha value is -2.63. The molecule has 6 nitrogen and oxygen atoms in total. The lowest BCUT2D eigenvalue weighted by Crippen LogP contribution is -2.11. The minimum Gasteiger partial charge on any atom is -0.359 e. The molecule has 0 radical (unpaired) electrons. The number of pyridine rings is 1. The molecule has 0 atom stereocenters. The Morgan fingerprint density at radius 3 is 3.06 bits per heavy atom. The van der Waals surface area contributed by atoms with Crippen LogP contribution in [0.1, 0.15) is 10.4 Å². The Morgan fingerprint density at radius 2 is 2.24 bits per heavy atom. The van der Waals surface area contributed by atoms with Crippen molar-refractivity contribution in [3.63, 3.8) is 0 Å². The number of aromatic amines is 2. The topological polar surface area (TPSA) is 86.5 Å². The minimum absolute atomic E-state index is 0.223. The molecule has 0 unspecified atom stereocenters. The van der Waals surface area contributed by atoms with Gasteiger partial charge in [0.05, 0.1) is 17.3 Å². The van der Waals surface area contributed by atoms with E-state index in [-0.39, 0.29) is 5.91 Å². The molecule has 0 fully saturated rings. The molecule has 0 saturated carbocycles. The highest BCUT2D eigenvalue weighted by molar-refractivity contribution is 6.11. The first-order valence-corrected chi connectivity index (χ1v) is 5.07. The molecule has 84 valence electrons. The zero-order chi connectivity index (χ0) is 11.7. The van der Waals surface area contributed by atoms with Gasteiger partial charge >= 0.3 is 0 Å². The van der Waals surface area contributed by atoms with E-state index < -0.39 is 0 Å². The fraction of sp³-hybridized carbons (Fsp3) is 0. The molecule has 0 aliphatic heterocycles. The van der Waals surface area contributed by atoms with Crippen LogP contribution < -0.4 is 5.32 Å². The second kappa shape index (κ2) is 3.75. The van der Waals surface area contributed by atoms with E-state index in [1.807, 2.05) is 12.1 Å². The third-order valence-corrected chi connectivity index (χ3v) is 2.43. The maximum absolute atomic E-state index is 12.0. The number of hydrogen-bond donors (Lipinski definition) is 3. The molecule has 0 aromatic carbocycles. The van der Waals surface area contributed by atoms with Crippen LogP contribution in [0.15, 0.2) is 36.8 Å². The van der Waals surface area contributed by atoms with E-state index in [2.05, 4.69) is 25.5 Å². The molecule has 3 rings (SSSR count).